The molecule has 1 amide bonds. The van der Waals surface area contributed by atoms with Gasteiger partial charge < -0.3 is 10.0 Å². The first-order valence-electron chi connectivity index (χ1n) is 6.52. The van der Waals surface area contributed by atoms with Gasteiger partial charge in [-0.25, -0.2) is 0 Å². The summed E-state index contributed by atoms with van der Waals surface area (Å²) in [4.78, 5) is 17.8. The van der Waals surface area contributed by atoms with Gasteiger partial charge in [-0.1, -0.05) is 36.4 Å². The molecule has 0 spiro atoms. The second-order valence-corrected chi connectivity index (χ2v) is 4.73. The minimum absolute atomic E-state index is 0.201. The van der Waals surface area contributed by atoms with E-state index in [1.54, 1.807) is 31.4 Å². The molecule has 0 aliphatic heterocycles. The van der Waals surface area contributed by atoms with Crippen LogP contribution in [0.4, 0.5) is 0 Å². The van der Waals surface area contributed by atoms with E-state index >= 15 is 0 Å². The Kier molecular flexibility index (Phi) is 4.48. The fourth-order valence-electron chi connectivity index (χ4n) is 2.00. The summed E-state index contributed by atoms with van der Waals surface area (Å²) in [6.45, 7) is 1.82. The van der Waals surface area contributed by atoms with Gasteiger partial charge in [0.1, 0.15) is 5.69 Å². The highest BCUT2D eigenvalue weighted by Gasteiger charge is 2.25. The standard InChI is InChI=1S/C16H18N2O2/c1-12(15(19)13-8-4-3-5-9-13)18(2)16(20)14-10-6-7-11-17-14/h3-12,15,19H,1-2H3/t12?,15-/m0/s1. The maximum Gasteiger partial charge on any atom is 0.272 e. The van der Waals surface area contributed by atoms with Crippen molar-refractivity contribution in [2.45, 2.75) is 19.1 Å². The minimum atomic E-state index is -0.728. The lowest BCUT2D eigenvalue weighted by Crippen LogP contribution is -2.39. The van der Waals surface area contributed by atoms with E-state index in [0.29, 0.717) is 5.69 Å². The van der Waals surface area contributed by atoms with E-state index < -0.39 is 6.10 Å². The Balaban J connectivity index is 2.13. The summed E-state index contributed by atoms with van der Waals surface area (Å²) < 4.78 is 0. The fourth-order valence-corrected chi connectivity index (χ4v) is 2.00. The highest BCUT2D eigenvalue weighted by atomic mass is 16.3. The van der Waals surface area contributed by atoms with Crippen molar-refractivity contribution >= 4 is 5.91 Å². The molecule has 0 saturated carbocycles. The van der Waals surface area contributed by atoms with E-state index in [4.69, 9.17) is 0 Å². The topological polar surface area (TPSA) is 53.4 Å². The highest BCUT2D eigenvalue weighted by molar-refractivity contribution is 5.92. The molecule has 1 heterocycles. The highest BCUT2D eigenvalue weighted by Crippen LogP contribution is 2.20. The number of benzene rings is 1. The number of hydrogen-bond acceptors (Lipinski definition) is 3. The molecule has 1 unspecified atom stereocenters. The molecule has 1 N–H and O–H groups in total. The van der Waals surface area contributed by atoms with Gasteiger partial charge in [-0.15, -0.1) is 0 Å². The quantitative estimate of drug-likeness (QED) is 0.927. The lowest BCUT2D eigenvalue weighted by atomic mass is 10.0. The molecule has 0 aliphatic rings. The molecule has 2 atom stereocenters. The number of likely N-dealkylation sites (N-methyl/N-ethyl adjacent to an activating group) is 1. The van der Waals surface area contributed by atoms with Crippen molar-refractivity contribution in [3.05, 3.63) is 66.0 Å². The van der Waals surface area contributed by atoms with Crippen LogP contribution in [0.5, 0.6) is 0 Å². The molecule has 0 aliphatic carbocycles. The van der Waals surface area contributed by atoms with Gasteiger partial charge in [-0.3, -0.25) is 9.78 Å². The van der Waals surface area contributed by atoms with Crippen LogP contribution in [-0.4, -0.2) is 34.0 Å². The van der Waals surface area contributed by atoms with Crippen LogP contribution in [0.15, 0.2) is 54.7 Å². The maximum atomic E-state index is 12.3. The van der Waals surface area contributed by atoms with E-state index in [-0.39, 0.29) is 11.9 Å². The minimum Gasteiger partial charge on any atom is -0.386 e. The summed E-state index contributed by atoms with van der Waals surface area (Å²) in [5.41, 5.74) is 1.17. The van der Waals surface area contributed by atoms with Crippen LogP contribution in [0, 0.1) is 0 Å². The number of hydrogen-bond donors (Lipinski definition) is 1. The molecule has 1 aromatic heterocycles. The Labute approximate surface area is 118 Å². The van der Waals surface area contributed by atoms with E-state index in [2.05, 4.69) is 4.98 Å². The first-order chi connectivity index (χ1) is 9.61. The summed E-state index contributed by atoms with van der Waals surface area (Å²) in [5, 5.41) is 10.3. The van der Waals surface area contributed by atoms with Crippen molar-refractivity contribution in [2.24, 2.45) is 0 Å². The lowest BCUT2D eigenvalue weighted by molar-refractivity contribution is 0.0482. The van der Waals surface area contributed by atoms with Crippen molar-refractivity contribution in [1.29, 1.82) is 0 Å². The van der Waals surface area contributed by atoms with Crippen LogP contribution < -0.4 is 0 Å². The molecule has 20 heavy (non-hydrogen) atoms. The number of nitrogens with zero attached hydrogens (tertiary/aromatic N) is 2. The number of carbonyl (C=O) groups is 1. The third-order valence-electron chi connectivity index (χ3n) is 3.41. The third-order valence-corrected chi connectivity index (χ3v) is 3.41. The molecule has 2 aromatic rings. The predicted octanol–water partition coefficient (Wildman–Crippen LogP) is 2.28. The van der Waals surface area contributed by atoms with Gasteiger partial charge in [0.25, 0.3) is 5.91 Å². The summed E-state index contributed by atoms with van der Waals surface area (Å²) in [5.74, 6) is -0.201. The molecule has 4 heteroatoms. The van der Waals surface area contributed by atoms with Gasteiger partial charge in [0.15, 0.2) is 0 Å². The first-order valence-corrected chi connectivity index (χ1v) is 6.52. The van der Waals surface area contributed by atoms with Crippen LogP contribution in [-0.2, 0) is 0 Å². The average Bonchev–Trinajstić information content (AvgIpc) is 2.53. The van der Waals surface area contributed by atoms with Crippen molar-refractivity contribution in [2.75, 3.05) is 7.05 Å². The van der Waals surface area contributed by atoms with Crippen molar-refractivity contribution < 1.29 is 9.90 Å². The van der Waals surface area contributed by atoms with Gasteiger partial charge in [0, 0.05) is 13.2 Å². The summed E-state index contributed by atoms with van der Waals surface area (Å²) >= 11 is 0. The predicted molar refractivity (Wildman–Crippen MR) is 77.2 cm³/mol. The van der Waals surface area contributed by atoms with Gasteiger partial charge >= 0.3 is 0 Å². The molecule has 104 valence electrons. The monoisotopic (exact) mass is 270 g/mol. The SMILES string of the molecule is CC([C@H](O)c1ccccc1)N(C)C(=O)c1ccccn1. The van der Waals surface area contributed by atoms with Crippen molar-refractivity contribution in [3.8, 4) is 0 Å². The van der Waals surface area contributed by atoms with Gasteiger partial charge in [-0.05, 0) is 24.6 Å². The average molecular weight is 270 g/mol. The Bertz CT molecular complexity index is 557. The smallest absolute Gasteiger partial charge is 0.272 e. The molecule has 0 saturated heterocycles. The summed E-state index contributed by atoms with van der Waals surface area (Å²) in [7, 11) is 1.67. The molecule has 4 nitrogen and oxygen atoms in total. The zero-order valence-electron chi connectivity index (χ0n) is 11.6. The number of rotatable bonds is 4. The first kappa shape index (κ1) is 14.2. The Hall–Kier alpha value is -2.20. The molecule has 1 aromatic carbocycles. The lowest BCUT2D eigenvalue weighted by Gasteiger charge is -2.29. The zero-order valence-corrected chi connectivity index (χ0v) is 11.6. The van der Waals surface area contributed by atoms with E-state index in [1.165, 1.54) is 4.90 Å². The second-order valence-electron chi connectivity index (χ2n) is 4.73. The van der Waals surface area contributed by atoms with Crippen LogP contribution in [0.2, 0.25) is 0 Å². The molecular formula is C16H18N2O2. The normalized spacial score (nSPS) is 13.6. The maximum absolute atomic E-state index is 12.3. The number of carbonyl (C=O) groups excluding carboxylic acids is 1. The summed E-state index contributed by atoms with van der Waals surface area (Å²) in [6.07, 6.45) is 0.855. The number of aliphatic hydroxyl groups is 1. The fraction of sp³-hybridized carbons (Fsp3) is 0.250. The second kappa shape index (κ2) is 6.30. The zero-order chi connectivity index (χ0) is 14.5. The Morgan fingerprint density at radius 3 is 2.40 bits per heavy atom. The van der Waals surface area contributed by atoms with Crippen LogP contribution in [0.25, 0.3) is 0 Å². The molecular weight excluding hydrogens is 252 g/mol. The van der Waals surface area contributed by atoms with Gasteiger partial charge in [0.2, 0.25) is 0 Å². The van der Waals surface area contributed by atoms with E-state index in [1.807, 2.05) is 37.3 Å². The van der Waals surface area contributed by atoms with Crippen LogP contribution in [0.3, 0.4) is 0 Å². The molecule has 0 bridgehead atoms. The number of amides is 1. The number of aromatic nitrogens is 1. The van der Waals surface area contributed by atoms with Gasteiger partial charge in [-0.2, -0.15) is 0 Å². The Morgan fingerprint density at radius 1 is 1.15 bits per heavy atom. The van der Waals surface area contributed by atoms with Crippen LogP contribution >= 0.6 is 0 Å². The van der Waals surface area contributed by atoms with E-state index in [0.717, 1.165) is 5.56 Å². The molecule has 2 rings (SSSR count). The van der Waals surface area contributed by atoms with Crippen LogP contribution in [0.1, 0.15) is 29.1 Å². The number of pyridine rings is 1. The number of aliphatic hydroxyl groups excluding tert-OH is 1. The van der Waals surface area contributed by atoms with E-state index in [9.17, 15) is 9.90 Å². The molecule has 0 radical (unpaired) electrons. The van der Waals surface area contributed by atoms with Crippen molar-refractivity contribution in [3.63, 3.8) is 0 Å². The largest absolute Gasteiger partial charge is 0.386 e. The Morgan fingerprint density at radius 2 is 1.80 bits per heavy atom. The van der Waals surface area contributed by atoms with Crippen molar-refractivity contribution in [1.82, 2.24) is 9.88 Å². The summed E-state index contributed by atoms with van der Waals surface area (Å²) in [6, 6.07) is 14.2. The molecule has 0 fully saturated rings. The van der Waals surface area contributed by atoms with Gasteiger partial charge in [0.05, 0.1) is 12.1 Å². The third kappa shape index (κ3) is 3.03.